The lowest BCUT2D eigenvalue weighted by Crippen LogP contribution is -2.68. The number of ether oxygens (including phenoxy) is 3. The van der Waals surface area contributed by atoms with Gasteiger partial charge in [0.1, 0.15) is 29.7 Å². The average Bonchev–Trinajstić information content (AvgIpc) is 3.20. The minimum absolute atomic E-state index is 0.166. The van der Waals surface area contributed by atoms with Crippen LogP contribution in [-0.4, -0.2) is 63.7 Å². The van der Waals surface area contributed by atoms with Crippen LogP contribution in [0.4, 0.5) is 0 Å². The van der Waals surface area contributed by atoms with Gasteiger partial charge in [0.15, 0.2) is 0 Å². The Morgan fingerprint density at radius 3 is 2.48 bits per heavy atom. The number of hydrogen-bond acceptors (Lipinski definition) is 7. The molecule has 0 aliphatic carbocycles. The van der Waals surface area contributed by atoms with Crippen molar-refractivity contribution in [3.8, 4) is 5.75 Å². The molecule has 7 nitrogen and oxygen atoms in total. The summed E-state index contributed by atoms with van der Waals surface area (Å²) in [5.41, 5.74) is 0.704. The van der Waals surface area contributed by atoms with Gasteiger partial charge in [0.2, 0.25) is 5.79 Å². The van der Waals surface area contributed by atoms with Crippen LogP contribution in [-0.2, 0) is 21.7 Å². The van der Waals surface area contributed by atoms with Crippen molar-refractivity contribution in [1.82, 2.24) is 0 Å². The first kappa shape index (κ1) is 24.4. The summed E-state index contributed by atoms with van der Waals surface area (Å²) in [6, 6.07) is 12.8. The third-order valence-corrected chi connectivity index (χ3v) is 6.96. The number of rotatable bonds is 8. The SMILES string of the molecule is CCCC(O)[C@@]12CO[C@@](c3ccc(Cl)c(Cc4ccc(OCC)cc4)c3)(O1)[C@H](O)[C@@H](O)[C@@H]2O. The van der Waals surface area contributed by atoms with Gasteiger partial charge in [0.05, 0.1) is 19.3 Å². The summed E-state index contributed by atoms with van der Waals surface area (Å²) >= 11 is 6.47. The zero-order chi connectivity index (χ0) is 23.8. The normalized spacial score (nSPS) is 32.0. The molecule has 2 aliphatic heterocycles. The van der Waals surface area contributed by atoms with Gasteiger partial charge in [0, 0.05) is 10.6 Å². The van der Waals surface area contributed by atoms with Crippen molar-refractivity contribution < 1.29 is 34.6 Å². The van der Waals surface area contributed by atoms with E-state index in [1.54, 1.807) is 18.2 Å². The van der Waals surface area contributed by atoms with E-state index in [9.17, 15) is 20.4 Å². The summed E-state index contributed by atoms with van der Waals surface area (Å²) in [7, 11) is 0. The number of fused-ring (bicyclic) bond motifs is 2. The third-order valence-electron chi connectivity index (χ3n) is 6.59. The Balaban J connectivity index is 1.67. The van der Waals surface area contributed by atoms with Gasteiger partial charge in [-0.1, -0.05) is 43.1 Å². The lowest BCUT2D eigenvalue weighted by molar-refractivity contribution is -0.338. The summed E-state index contributed by atoms with van der Waals surface area (Å²) in [6.07, 6.45) is -4.17. The minimum atomic E-state index is -1.73. The van der Waals surface area contributed by atoms with Crippen LogP contribution in [0.3, 0.4) is 0 Å². The van der Waals surface area contributed by atoms with Crippen molar-refractivity contribution in [2.24, 2.45) is 0 Å². The molecule has 2 aliphatic rings. The van der Waals surface area contributed by atoms with E-state index in [0.29, 0.717) is 36.5 Å². The number of hydrogen-bond donors (Lipinski definition) is 4. The molecular weight excluding hydrogens is 448 g/mol. The quantitative estimate of drug-likeness (QED) is 0.461. The smallest absolute Gasteiger partial charge is 0.225 e. The molecule has 4 N–H and O–H groups in total. The largest absolute Gasteiger partial charge is 0.494 e. The molecule has 33 heavy (non-hydrogen) atoms. The predicted molar refractivity (Wildman–Crippen MR) is 122 cm³/mol. The number of halogens is 1. The van der Waals surface area contributed by atoms with E-state index in [0.717, 1.165) is 16.9 Å². The average molecular weight is 479 g/mol. The summed E-state index contributed by atoms with van der Waals surface area (Å²) in [5.74, 6) is -0.946. The summed E-state index contributed by atoms with van der Waals surface area (Å²) in [5, 5.41) is 43.5. The molecule has 0 saturated carbocycles. The molecule has 2 bridgehead atoms. The van der Waals surface area contributed by atoms with Gasteiger partial charge in [-0.2, -0.15) is 0 Å². The maximum Gasteiger partial charge on any atom is 0.225 e. The molecule has 2 saturated heterocycles. The second kappa shape index (κ2) is 9.50. The van der Waals surface area contributed by atoms with E-state index in [2.05, 4.69) is 0 Å². The first-order chi connectivity index (χ1) is 15.8. The van der Waals surface area contributed by atoms with Gasteiger partial charge in [-0.25, -0.2) is 0 Å². The molecule has 2 aromatic rings. The van der Waals surface area contributed by atoms with Crippen LogP contribution in [0, 0.1) is 0 Å². The van der Waals surface area contributed by atoms with Gasteiger partial charge in [-0.15, -0.1) is 0 Å². The van der Waals surface area contributed by atoms with Gasteiger partial charge in [0.25, 0.3) is 0 Å². The van der Waals surface area contributed by atoms with Crippen molar-refractivity contribution in [2.75, 3.05) is 13.2 Å². The number of aliphatic hydroxyl groups excluding tert-OH is 4. The van der Waals surface area contributed by atoms with Gasteiger partial charge in [-0.3, -0.25) is 0 Å². The summed E-state index contributed by atoms with van der Waals surface area (Å²) in [6.45, 7) is 4.25. The Labute approximate surface area is 198 Å². The molecule has 180 valence electrons. The van der Waals surface area contributed by atoms with Crippen molar-refractivity contribution in [2.45, 2.75) is 68.9 Å². The zero-order valence-corrected chi connectivity index (χ0v) is 19.5. The van der Waals surface area contributed by atoms with Crippen LogP contribution in [0.15, 0.2) is 42.5 Å². The highest BCUT2D eigenvalue weighted by atomic mass is 35.5. The topological polar surface area (TPSA) is 109 Å². The molecule has 0 radical (unpaired) electrons. The number of benzene rings is 2. The van der Waals surface area contributed by atoms with Crippen molar-refractivity contribution >= 4 is 11.6 Å². The number of aliphatic hydroxyl groups is 4. The lowest BCUT2D eigenvalue weighted by atomic mass is 9.79. The molecular formula is C25H31ClO7. The van der Waals surface area contributed by atoms with E-state index in [-0.39, 0.29) is 6.61 Å². The molecule has 2 fully saturated rings. The highest BCUT2D eigenvalue weighted by Crippen LogP contribution is 2.51. The Kier molecular flexibility index (Phi) is 7.03. The third kappa shape index (κ3) is 4.17. The van der Waals surface area contributed by atoms with Crippen LogP contribution in [0.2, 0.25) is 5.02 Å². The zero-order valence-electron chi connectivity index (χ0n) is 18.8. The van der Waals surface area contributed by atoms with Crippen molar-refractivity contribution in [3.05, 3.63) is 64.2 Å². The van der Waals surface area contributed by atoms with Gasteiger partial charge in [-0.05, 0) is 55.2 Å². The molecule has 1 unspecified atom stereocenters. The second-order valence-corrected chi connectivity index (χ2v) is 9.17. The fraction of sp³-hybridized carbons (Fsp3) is 0.520. The Morgan fingerprint density at radius 2 is 1.82 bits per heavy atom. The van der Waals surface area contributed by atoms with Crippen LogP contribution >= 0.6 is 11.6 Å². The van der Waals surface area contributed by atoms with Crippen LogP contribution in [0.5, 0.6) is 5.75 Å². The van der Waals surface area contributed by atoms with Gasteiger partial charge >= 0.3 is 0 Å². The Hall–Kier alpha value is -1.71. The monoisotopic (exact) mass is 478 g/mol. The van der Waals surface area contributed by atoms with Gasteiger partial charge < -0.3 is 34.6 Å². The van der Waals surface area contributed by atoms with Crippen LogP contribution in [0.1, 0.15) is 43.4 Å². The highest BCUT2D eigenvalue weighted by molar-refractivity contribution is 6.31. The summed E-state index contributed by atoms with van der Waals surface area (Å²) < 4.78 is 17.6. The van der Waals surface area contributed by atoms with E-state index in [1.165, 1.54) is 0 Å². The summed E-state index contributed by atoms with van der Waals surface area (Å²) in [4.78, 5) is 0. The fourth-order valence-corrected chi connectivity index (χ4v) is 4.93. The van der Waals surface area contributed by atoms with E-state index in [4.69, 9.17) is 25.8 Å². The Morgan fingerprint density at radius 1 is 1.09 bits per heavy atom. The Bertz CT molecular complexity index is 968. The molecule has 0 spiro atoms. The van der Waals surface area contributed by atoms with E-state index < -0.39 is 35.8 Å². The maximum atomic E-state index is 10.9. The lowest BCUT2D eigenvalue weighted by Gasteiger charge is -2.48. The van der Waals surface area contributed by atoms with E-state index >= 15 is 0 Å². The van der Waals surface area contributed by atoms with Crippen LogP contribution < -0.4 is 4.74 Å². The predicted octanol–water partition coefficient (Wildman–Crippen LogP) is 2.53. The molecule has 0 amide bonds. The van der Waals surface area contributed by atoms with Crippen molar-refractivity contribution in [3.63, 3.8) is 0 Å². The second-order valence-electron chi connectivity index (χ2n) is 8.76. The maximum absolute atomic E-state index is 10.9. The highest BCUT2D eigenvalue weighted by Gasteiger charge is 2.69. The minimum Gasteiger partial charge on any atom is -0.494 e. The molecule has 4 rings (SSSR count). The molecule has 2 heterocycles. The van der Waals surface area contributed by atoms with Crippen LogP contribution in [0.25, 0.3) is 0 Å². The first-order valence-electron chi connectivity index (χ1n) is 11.3. The first-order valence-corrected chi connectivity index (χ1v) is 11.7. The standard InChI is InChI=1S/C25H31ClO7/c1-3-5-20(27)24-14-32-25(33-24,23(30)21(28)22(24)29)17-8-11-19(26)16(13-17)12-15-6-9-18(10-7-15)31-4-2/h6-11,13,20-23,27-30H,3-5,12,14H2,1-2H3/t20?,21-,22-,23+,24+,25-/m0/s1. The fourth-order valence-electron chi connectivity index (χ4n) is 4.75. The van der Waals surface area contributed by atoms with Crippen molar-refractivity contribution in [1.29, 1.82) is 0 Å². The molecule has 8 heteroatoms. The molecule has 2 aromatic carbocycles. The molecule has 0 aromatic heterocycles. The molecule has 6 atom stereocenters. The van der Waals surface area contributed by atoms with E-state index in [1.807, 2.05) is 38.1 Å².